The van der Waals surface area contributed by atoms with Gasteiger partial charge in [0.1, 0.15) is 30.3 Å². The highest BCUT2D eigenvalue weighted by atomic mass is 35.5. The minimum atomic E-state index is -0.844. The van der Waals surface area contributed by atoms with E-state index in [1.807, 2.05) is 12.1 Å². The van der Waals surface area contributed by atoms with Gasteiger partial charge in [0.25, 0.3) is 11.8 Å². The Balaban J connectivity index is 1.51. The number of rotatable bonds is 8. The Morgan fingerprint density at radius 1 is 0.917 bits per heavy atom. The third-order valence-corrected chi connectivity index (χ3v) is 5.69. The van der Waals surface area contributed by atoms with Gasteiger partial charge in [0.05, 0.1) is 10.7 Å². The molecule has 1 heterocycles. The molecule has 4 rings (SSSR count). The Labute approximate surface area is 217 Å². The van der Waals surface area contributed by atoms with Crippen molar-refractivity contribution >= 4 is 52.8 Å². The molecular formula is C27H20Cl2N2O5. The molecule has 7 nitrogen and oxygen atoms in total. The van der Waals surface area contributed by atoms with Crippen molar-refractivity contribution < 1.29 is 23.9 Å². The maximum atomic E-state index is 13.1. The summed E-state index contributed by atoms with van der Waals surface area (Å²) in [7, 11) is 0. The van der Waals surface area contributed by atoms with E-state index in [4.69, 9.17) is 32.7 Å². The Morgan fingerprint density at radius 2 is 1.64 bits per heavy atom. The Kier molecular flexibility index (Phi) is 7.73. The molecule has 0 saturated carbocycles. The quantitative estimate of drug-likeness (QED) is 0.229. The fraction of sp³-hybridized carbons (Fsp3) is 0.0741. The third-order valence-electron chi connectivity index (χ3n) is 5.14. The summed E-state index contributed by atoms with van der Waals surface area (Å²) in [6, 6.07) is 17.6. The molecule has 0 radical (unpaired) electrons. The van der Waals surface area contributed by atoms with Crippen molar-refractivity contribution in [3.05, 3.63) is 106 Å². The second-order valence-corrected chi connectivity index (χ2v) is 8.50. The van der Waals surface area contributed by atoms with Gasteiger partial charge in [-0.05, 0) is 65.7 Å². The molecule has 3 aromatic carbocycles. The Hall–Kier alpha value is -4.07. The van der Waals surface area contributed by atoms with Crippen molar-refractivity contribution in [2.75, 3.05) is 11.5 Å². The summed E-state index contributed by atoms with van der Waals surface area (Å²) >= 11 is 12.1. The normalized spacial score (nSPS) is 14.6. The number of nitrogens with one attached hydrogen (secondary N) is 1. The smallest absolute Gasteiger partial charge is 0.335 e. The molecule has 9 heteroatoms. The van der Waals surface area contributed by atoms with Crippen LogP contribution < -0.4 is 19.7 Å². The van der Waals surface area contributed by atoms with E-state index in [0.717, 1.165) is 10.5 Å². The van der Waals surface area contributed by atoms with Gasteiger partial charge in [-0.15, -0.1) is 0 Å². The van der Waals surface area contributed by atoms with E-state index in [1.54, 1.807) is 60.7 Å². The van der Waals surface area contributed by atoms with Crippen molar-refractivity contribution in [2.45, 2.75) is 6.61 Å². The van der Waals surface area contributed by atoms with Gasteiger partial charge in [-0.25, -0.2) is 9.69 Å². The first-order valence-corrected chi connectivity index (χ1v) is 11.5. The van der Waals surface area contributed by atoms with Crippen molar-refractivity contribution in [1.82, 2.24) is 5.32 Å². The summed E-state index contributed by atoms with van der Waals surface area (Å²) < 4.78 is 11.2. The molecule has 0 spiro atoms. The summed E-state index contributed by atoms with van der Waals surface area (Å²) in [4.78, 5) is 39.0. The number of benzene rings is 3. The second kappa shape index (κ2) is 11.1. The minimum absolute atomic E-state index is 0.214. The number of hydrogen-bond donors (Lipinski definition) is 1. The summed E-state index contributed by atoms with van der Waals surface area (Å²) in [5, 5.41) is 3.14. The van der Waals surface area contributed by atoms with E-state index < -0.39 is 17.8 Å². The fourth-order valence-electron chi connectivity index (χ4n) is 3.37. The van der Waals surface area contributed by atoms with Gasteiger partial charge in [-0.3, -0.25) is 14.9 Å². The zero-order valence-corrected chi connectivity index (χ0v) is 20.4. The van der Waals surface area contributed by atoms with Gasteiger partial charge >= 0.3 is 6.03 Å². The number of barbiturate groups is 1. The van der Waals surface area contributed by atoms with E-state index in [2.05, 4.69) is 11.9 Å². The molecule has 182 valence electrons. The first kappa shape index (κ1) is 25.0. The van der Waals surface area contributed by atoms with E-state index in [0.29, 0.717) is 33.7 Å². The lowest BCUT2D eigenvalue weighted by Crippen LogP contribution is -2.54. The van der Waals surface area contributed by atoms with Crippen LogP contribution in [0.5, 0.6) is 11.5 Å². The molecule has 1 N–H and O–H groups in total. The maximum Gasteiger partial charge on any atom is 0.335 e. The van der Waals surface area contributed by atoms with Crippen LogP contribution in [0.1, 0.15) is 11.1 Å². The lowest BCUT2D eigenvalue weighted by atomic mass is 10.1. The lowest BCUT2D eigenvalue weighted by molar-refractivity contribution is -0.122. The van der Waals surface area contributed by atoms with Crippen LogP contribution in [-0.2, 0) is 16.2 Å². The number of carbonyl (C=O) groups is 3. The second-order valence-electron chi connectivity index (χ2n) is 7.66. The van der Waals surface area contributed by atoms with Gasteiger partial charge in [-0.1, -0.05) is 54.1 Å². The van der Waals surface area contributed by atoms with Crippen molar-refractivity contribution in [1.29, 1.82) is 0 Å². The number of amides is 4. The summed E-state index contributed by atoms with van der Waals surface area (Å²) in [6.07, 6.45) is 2.95. The highest BCUT2D eigenvalue weighted by Gasteiger charge is 2.36. The Bertz CT molecular complexity index is 1350. The number of ether oxygens (including phenoxy) is 2. The molecule has 0 aliphatic carbocycles. The van der Waals surface area contributed by atoms with Crippen LogP contribution >= 0.6 is 23.2 Å². The van der Waals surface area contributed by atoms with Gasteiger partial charge in [-0.2, -0.15) is 0 Å². The van der Waals surface area contributed by atoms with Crippen LogP contribution in [-0.4, -0.2) is 24.5 Å². The summed E-state index contributed by atoms with van der Waals surface area (Å²) in [5.41, 5.74) is 1.49. The number of urea groups is 1. The van der Waals surface area contributed by atoms with Crippen LogP contribution in [0.3, 0.4) is 0 Å². The molecule has 0 bridgehead atoms. The standard InChI is InChI=1S/C27H20Cl2N2O5/c1-2-13-35-24-12-5-18(15-23(24)29)14-22-25(32)30-27(34)31(26(22)33)20-8-10-21(11-9-20)36-16-17-3-6-19(28)7-4-17/h2-12,14-15H,1,13,16H2,(H,30,32,34)/b22-14+. The molecule has 1 fully saturated rings. The van der Waals surface area contributed by atoms with Crippen molar-refractivity contribution in [3.63, 3.8) is 0 Å². The number of imide groups is 2. The van der Waals surface area contributed by atoms with Gasteiger partial charge in [0.15, 0.2) is 0 Å². The average molecular weight is 523 g/mol. The highest BCUT2D eigenvalue weighted by Crippen LogP contribution is 2.28. The zero-order chi connectivity index (χ0) is 25.7. The van der Waals surface area contributed by atoms with Crippen LogP contribution in [0.15, 0.2) is 85.0 Å². The predicted octanol–water partition coefficient (Wildman–Crippen LogP) is 5.80. The van der Waals surface area contributed by atoms with Crippen molar-refractivity contribution in [2.24, 2.45) is 0 Å². The van der Waals surface area contributed by atoms with E-state index in [1.165, 1.54) is 6.08 Å². The first-order valence-electron chi connectivity index (χ1n) is 10.8. The van der Waals surface area contributed by atoms with Crippen LogP contribution in [0.25, 0.3) is 6.08 Å². The Morgan fingerprint density at radius 3 is 2.31 bits per heavy atom. The van der Waals surface area contributed by atoms with Gasteiger partial charge < -0.3 is 9.47 Å². The first-order chi connectivity index (χ1) is 17.4. The maximum absolute atomic E-state index is 13.1. The molecule has 3 aromatic rings. The zero-order valence-electron chi connectivity index (χ0n) is 18.9. The fourth-order valence-corrected chi connectivity index (χ4v) is 3.74. The molecular weight excluding hydrogens is 503 g/mol. The molecule has 4 amide bonds. The number of nitrogens with zero attached hydrogens (tertiary/aromatic N) is 1. The summed E-state index contributed by atoms with van der Waals surface area (Å²) in [6.45, 7) is 4.18. The van der Waals surface area contributed by atoms with Crippen LogP contribution in [0.2, 0.25) is 10.0 Å². The predicted molar refractivity (Wildman–Crippen MR) is 138 cm³/mol. The SMILES string of the molecule is C=CCOc1ccc(/C=C2\C(=O)NC(=O)N(c3ccc(OCc4ccc(Cl)cc4)cc3)C2=O)cc1Cl. The van der Waals surface area contributed by atoms with Gasteiger partial charge in [0.2, 0.25) is 0 Å². The average Bonchev–Trinajstić information content (AvgIpc) is 2.86. The molecule has 1 aliphatic heterocycles. The monoisotopic (exact) mass is 522 g/mol. The summed E-state index contributed by atoms with van der Waals surface area (Å²) in [5.74, 6) is -0.582. The molecule has 1 saturated heterocycles. The molecule has 0 unspecified atom stereocenters. The largest absolute Gasteiger partial charge is 0.489 e. The van der Waals surface area contributed by atoms with E-state index in [9.17, 15) is 14.4 Å². The minimum Gasteiger partial charge on any atom is -0.489 e. The van der Waals surface area contributed by atoms with Crippen molar-refractivity contribution in [3.8, 4) is 11.5 Å². The highest BCUT2D eigenvalue weighted by molar-refractivity contribution is 6.39. The third kappa shape index (κ3) is 5.76. The molecule has 0 aromatic heterocycles. The lowest BCUT2D eigenvalue weighted by Gasteiger charge is -2.26. The van der Waals surface area contributed by atoms with Gasteiger partial charge in [0, 0.05) is 5.02 Å². The molecule has 1 aliphatic rings. The topological polar surface area (TPSA) is 84.9 Å². The van der Waals surface area contributed by atoms with E-state index in [-0.39, 0.29) is 17.9 Å². The number of carbonyl (C=O) groups excluding carboxylic acids is 3. The number of anilines is 1. The number of halogens is 2. The number of hydrogen-bond acceptors (Lipinski definition) is 5. The van der Waals surface area contributed by atoms with Crippen LogP contribution in [0.4, 0.5) is 10.5 Å². The molecule has 0 atom stereocenters. The van der Waals surface area contributed by atoms with Crippen LogP contribution in [0, 0.1) is 0 Å². The van der Waals surface area contributed by atoms with E-state index >= 15 is 0 Å². The molecule has 36 heavy (non-hydrogen) atoms.